The summed E-state index contributed by atoms with van der Waals surface area (Å²) in [4.78, 5) is 22.4. The maximum atomic E-state index is 12.1. The van der Waals surface area contributed by atoms with Crippen molar-refractivity contribution >= 4 is 11.7 Å². The van der Waals surface area contributed by atoms with E-state index in [0.717, 1.165) is 17.1 Å². The van der Waals surface area contributed by atoms with Crippen LogP contribution in [-0.4, -0.2) is 51.4 Å². The fraction of sp³-hybridized carbons (Fsp3) is 0.500. The highest BCUT2D eigenvalue weighted by Gasteiger charge is 2.37. The van der Waals surface area contributed by atoms with Gasteiger partial charge >= 0.3 is 0 Å². The number of aryl methyl sites for hydroxylation is 2. The molecule has 2 aromatic rings. The molecule has 3 heterocycles. The van der Waals surface area contributed by atoms with E-state index in [1.807, 2.05) is 11.8 Å². The summed E-state index contributed by atoms with van der Waals surface area (Å²) >= 11 is 0. The van der Waals surface area contributed by atoms with Crippen molar-refractivity contribution in [3.63, 3.8) is 0 Å². The van der Waals surface area contributed by atoms with Gasteiger partial charge in [-0.05, 0) is 20.3 Å². The van der Waals surface area contributed by atoms with Crippen molar-refractivity contribution < 1.29 is 14.4 Å². The zero-order valence-corrected chi connectivity index (χ0v) is 13.8. The third-order valence-corrected chi connectivity index (χ3v) is 4.34. The van der Waals surface area contributed by atoms with E-state index >= 15 is 0 Å². The number of hydrogen-bond donors (Lipinski definition) is 2. The number of rotatable bonds is 5. The van der Waals surface area contributed by atoms with Gasteiger partial charge < -0.3 is 19.8 Å². The van der Waals surface area contributed by atoms with Crippen LogP contribution in [0.3, 0.4) is 0 Å². The fourth-order valence-corrected chi connectivity index (χ4v) is 2.89. The molecule has 128 valence electrons. The first-order valence-corrected chi connectivity index (χ1v) is 7.89. The minimum Gasteiger partial charge on any atom is -0.386 e. The normalized spacial score (nSPS) is 20.4. The maximum Gasteiger partial charge on any atom is 0.224 e. The number of hydrogen-bond acceptors (Lipinski definition) is 7. The number of carbonyl (C=O) groups is 1. The molecule has 24 heavy (non-hydrogen) atoms. The number of nitrogens with zero attached hydrogens (tertiary/aromatic N) is 4. The van der Waals surface area contributed by atoms with Crippen molar-refractivity contribution in [3.05, 3.63) is 35.6 Å². The number of aliphatic hydroxyl groups is 1. The van der Waals surface area contributed by atoms with E-state index in [1.165, 1.54) is 0 Å². The molecule has 2 N–H and O–H groups in total. The Kier molecular flexibility index (Phi) is 4.48. The number of β-amino-alcohol motifs (C(OH)–C–C–N with tert-alkyl or cyclic N) is 1. The predicted octanol–water partition coefficient (Wildman–Crippen LogP) is 0.382. The van der Waals surface area contributed by atoms with Gasteiger partial charge in [-0.3, -0.25) is 9.78 Å². The lowest BCUT2D eigenvalue weighted by molar-refractivity contribution is -0.121. The first kappa shape index (κ1) is 16.4. The summed E-state index contributed by atoms with van der Waals surface area (Å²) in [6.07, 6.45) is 5.67. The molecule has 0 unspecified atom stereocenters. The highest BCUT2D eigenvalue weighted by atomic mass is 16.5. The van der Waals surface area contributed by atoms with Crippen molar-refractivity contribution in [2.24, 2.45) is 0 Å². The molecule has 1 aliphatic rings. The van der Waals surface area contributed by atoms with Crippen molar-refractivity contribution in [2.75, 3.05) is 24.5 Å². The third-order valence-electron chi connectivity index (χ3n) is 4.34. The Balaban J connectivity index is 1.54. The lowest BCUT2D eigenvalue weighted by Gasteiger charge is -2.24. The van der Waals surface area contributed by atoms with Crippen molar-refractivity contribution in [1.82, 2.24) is 20.4 Å². The minimum absolute atomic E-state index is 0.157. The van der Waals surface area contributed by atoms with E-state index in [9.17, 15) is 9.90 Å². The number of aromatic nitrogens is 3. The van der Waals surface area contributed by atoms with Gasteiger partial charge in [0.05, 0.1) is 18.3 Å². The molecule has 0 aromatic carbocycles. The smallest absolute Gasteiger partial charge is 0.224 e. The van der Waals surface area contributed by atoms with E-state index in [1.54, 1.807) is 25.5 Å². The second kappa shape index (κ2) is 6.56. The molecular formula is C16H21N5O3. The molecule has 8 heteroatoms. The SMILES string of the molecule is Cc1noc(C)c1CC(=O)NC[C@@]1(O)CCN(c2cnccn2)C1. The molecule has 0 spiro atoms. The van der Waals surface area contributed by atoms with Crippen LogP contribution < -0.4 is 10.2 Å². The van der Waals surface area contributed by atoms with E-state index in [4.69, 9.17) is 4.52 Å². The zero-order valence-electron chi connectivity index (χ0n) is 13.8. The Labute approximate surface area is 139 Å². The third kappa shape index (κ3) is 3.53. The van der Waals surface area contributed by atoms with Gasteiger partial charge in [-0.2, -0.15) is 0 Å². The monoisotopic (exact) mass is 331 g/mol. The van der Waals surface area contributed by atoms with Crippen LogP contribution in [0.15, 0.2) is 23.1 Å². The molecule has 1 fully saturated rings. The summed E-state index contributed by atoms with van der Waals surface area (Å²) in [6.45, 7) is 4.88. The van der Waals surface area contributed by atoms with E-state index in [-0.39, 0.29) is 18.9 Å². The summed E-state index contributed by atoms with van der Waals surface area (Å²) in [5.74, 6) is 1.22. The molecule has 1 atom stereocenters. The fourth-order valence-electron chi connectivity index (χ4n) is 2.89. The van der Waals surface area contributed by atoms with Crippen molar-refractivity contribution in [1.29, 1.82) is 0 Å². The lowest BCUT2D eigenvalue weighted by atomic mass is 10.0. The van der Waals surface area contributed by atoms with Gasteiger partial charge in [-0.1, -0.05) is 5.16 Å². The van der Waals surface area contributed by atoms with Gasteiger partial charge in [0.2, 0.25) is 5.91 Å². The van der Waals surface area contributed by atoms with E-state index in [2.05, 4.69) is 20.4 Å². The van der Waals surface area contributed by atoms with Gasteiger partial charge in [0, 0.05) is 37.6 Å². The Hall–Kier alpha value is -2.48. The molecule has 1 amide bonds. The maximum absolute atomic E-state index is 12.1. The topological polar surface area (TPSA) is 104 Å². The molecule has 0 saturated carbocycles. The van der Waals surface area contributed by atoms with Crippen molar-refractivity contribution in [2.45, 2.75) is 32.3 Å². The first-order valence-electron chi connectivity index (χ1n) is 7.89. The van der Waals surface area contributed by atoms with Gasteiger partial charge in [0.15, 0.2) is 0 Å². The molecule has 1 saturated heterocycles. The highest BCUT2D eigenvalue weighted by Crippen LogP contribution is 2.24. The van der Waals surface area contributed by atoms with Crippen molar-refractivity contribution in [3.8, 4) is 0 Å². The Bertz CT molecular complexity index is 698. The second-order valence-electron chi connectivity index (χ2n) is 6.22. The molecule has 0 aliphatic carbocycles. The summed E-state index contributed by atoms with van der Waals surface area (Å²) in [6, 6.07) is 0. The molecular weight excluding hydrogens is 310 g/mol. The Morgan fingerprint density at radius 2 is 2.29 bits per heavy atom. The van der Waals surface area contributed by atoms with E-state index in [0.29, 0.717) is 25.3 Å². The van der Waals surface area contributed by atoms with Gasteiger partial charge in [0.1, 0.15) is 17.2 Å². The van der Waals surface area contributed by atoms with E-state index < -0.39 is 5.60 Å². The molecule has 1 aliphatic heterocycles. The zero-order chi connectivity index (χ0) is 17.2. The first-order chi connectivity index (χ1) is 11.5. The average molecular weight is 331 g/mol. The largest absolute Gasteiger partial charge is 0.386 e. The molecule has 8 nitrogen and oxygen atoms in total. The second-order valence-corrected chi connectivity index (χ2v) is 6.22. The number of carbonyl (C=O) groups excluding carboxylic acids is 1. The average Bonchev–Trinajstić information content (AvgIpc) is 3.12. The summed E-state index contributed by atoms with van der Waals surface area (Å²) < 4.78 is 5.06. The summed E-state index contributed by atoms with van der Waals surface area (Å²) in [7, 11) is 0. The van der Waals surface area contributed by atoms with Gasteiger partial charge in [-0.15, -0.1) is 0 Å². The number of anilines is 1. The van der Waals surface area contributed by atoms with Crippen LogP contribution in [-0.2, 0) is 11.2 Å². The lowest BCUT2D eigenvalue weighted by Crippen LogP contribution is -2.45. The van der Waals surface area contributed by atoms with Crippen LogP contribution >= 0.6 is 0 Å². The van der Waals surface area contributed by atoms with Crippen LogP contribution in [0.2, 0.25) is 0 Å². The van der Waals surface area contributed by atoms with Crippen LogP contribution in [0.25, 0.3) is 0 Å². The van der Waals surface area contributed by atoms with Crippen LogP contribution in [0, 0.1) is 13.8 Å². The molecule has 0 radical (unpaired) electrons. The Morgan fingerprint density at radius 3 is 2.96 bits per heavy atom. The summed E-state index contributed by atoms with van der Waals surface area (Å²) in [5, 5.41) is 17.3. The van der Waals surface area contributed by atoms with Gasteiger partial charge in [-0.25, -0.2) is 4.98 Å². The standard InChI is InChI=1S/C16H21N5O3/c1-11-13(12(2)24-20-11)7-15(22)19-9-16(23)3-6-21(10-16)14-8-17-4-5-18-14/h4-5,8,23H,3,6-7,9-10H2,1-2H3,(H,19,22)/t16-/m0/s1. The Morgan fingerprint density at radius 1 is 1.46 bits per heavy atom. The highest BCUT2D eigenvalue weighted by molar-refractivity contribution is 5.79. The van der Waals surface area contributed by atoms with Crippen LogP contribution in [0.1, 0.15) is 23.4 Å². The van der Waals surface area contributed by atoms with Crippen LogP contribution in [0.4, 0.5) is 5.82 Å². The predicted molar refractivity (Wildman–Crippen MR) is 86.5 cm³/mol. The summed E-state index contributed by atoms with van der Waals surface area (Å²) in [5.41, 5.74) is 0.550. The quantitative estimate of drug-likeness (QED) is 0.816. The number of amides is 1. The molecule has 0 bridgehead atoms. The number of nitrogens with one attached hydrogen (secondary N) is 1. The molecule has 3 rings (SSSR count). The minimum atomic E-state index is -0.966. The molecule has 2 aromatic heterocycles. The van der Waals surface area contributed by atoms with Crippen LogP contribution in [0.5, 0.6) is 0 Å². The van der Waals surface area contributed by atoms with Gasteiger partial charge in [0.25, 0.3) is 0 Å².